The Morgan fingerprint density at radius 3 is 2.95 bits per heavy atom. The molecule has 1 aliphatic heterocycles. The molecule has 1 fully saturated rings. The number of hydrogen-bond acceptors (Lipinski definition) is 4. The Bertz CT molecular complexity index is 543. The third kappa shape index (κ3) is 2.93. The van der Waals surface area contributed by atoms with Crippen molar-refractivity contribution in [2.45, 2.75) is 19.4 Å². The van der Waals surface area contributed by atoms with Gasteiger partial charge in [0, 0.05) is 19.1 Å². The van der Waals surface area contributed by atoms with E-state index in [4.69, 9.17) is 4.74 Å². The lowest BCUT2D eigenvalue weighted by atomic mass is 9.99. The molecule has 2 aromatic rings. The monoisotopic (exact) mass is 276 g/mol. The number of nitrogens with one attached hydrogen (secondary N) is 1. The molecule has 1 aromatic carbocycles. The van der Waals surface area contributed by atoms with Crippen LogP contribution in [0.4, 0.5) is 0 Å². The highest BCUT2D eigenvalue weighted by atomic mass is 32.1. The van der Waals surface area contributed by atoms with E-state index in [1.54, 1.807) is 11.3 Å². The molecule has 1 aliphatic rings. The van der Waals surface area contributed by atoms with Crippen LogP contribution in [0.25, 0.3) is 10.2 Å². The van der Waals surface area contributed by atoms with Crippen molar-refractivity contribution in [3.05, 3.63) is 29.3 Å². The molecule has 100 valence electrons. The number of carbonyl (C=O) groups excluding carboxylic acids is 1. The SMILES string of the molecule is O=C(NCc1nc2ccccc2s1)C1CCOCC1. The Hall–Kier alpha value is -1.46. The molecule has 4 nitrogen and oxygen atoms in total. The van der Waals surface area contributed by atoms with E-state index in [1.165, 1.54) is 0 Å². The molecule has 1 saturated heterocycles. The maximum absolute atomic E-state index is 12.0. The Labute approximate surface area is 115 Å². The minimum Gasteiger partial charge on any atom is -0.381 e. The first-order valence-electron chi connectivity index (χ1n) is 6.53. The fourth-order valence-electron chi connectivity index (χ4n) is 2.26. The van der Waals surface area contributed by atoms with Gasteiger partial charge in [0.25, 0.3) is 0 Å². The zero-order chi connectivity index (χ0) is 13.1. The molecule has 3 rings (SSSR count). The van der Waals surface area contributed by atoms with Crippen molar-refractivity contribution < 1.29 is 9.53 Å². The van der Waals surface area contributed by atoms with Gasteiger partial charge in [-0.05, 0) is 25.0 Å². The number of aromatic nitrogens is 1. The number of carbonyl (C=O) groups is 1. The smallest absolute Gasteiger partial charge is 0.223 e. The van der Waals surface area contributed by atoms with Crippen molar-refractivity contribution in [2.24, 2.45) is 5.92 Å². The molecule has 2 heterocycles. The van der Waals surface area contributed by atoms with Crippen LogP contribution in [0.2, 0.25) is 0 Å². The summed E-state index contributed by atoms with van der Waals surface area (Å²) in [6.07, 6.45) is 1.65. The molecule has 0 radical (unpaired) electrons. The summed E-state index contributed by atoms with van der Waals surface area (Å²) >= 11 is 1.64. The number of hydrogen-bond donors (Lipinski definition) is 1. The molecule has 0 aliphatic carbocycles. The Kier molecular flexibility index (Phi) is 3.75. The summed E-state index contributed by atoms with van der Waals surface area (Å²) in [4.78, 5) is 16.5. The van der Waals surface area contributed by atoms with Gasteiger partial charge in [-0.3, -0.25) is 4.79 Å². The first-order chi connectivity index (χ1) is 9.33. The maximum Gasteiger partial charge on any atom is 0.223 e. The van der Waals surface area contributed by atoms with E-state index >= 15 is 0 Å². The Morgan fingerprint density at radius 1 is 1.37 bits per heavy atom. The molecule has 1 amide bonds. The lowest BCUT2D eigenvalue weighted by molar-refractivity contribution is -0.128. The van der Waals surface area contributed by atoms with Gasteiger partial charge in [0.15, 0.2) is 0 Å². The number of ether oxygens (including phenoxy) is 1. The zero-order valence-electron chi connectivity index (χ0n) is 10.6. The average molecular weight is 276 g/mol. The highest BCUT2D eigenvalue weighted by Gasteiger charge is 2.21. The summed E-state index contributed by atoms with van der Waals surface area (Å²) < 4.78 is 6.43. The molecule has 0 atom stereocenters. The summed E-state index contributed by atoms with van der Waals surface area (Å²) in [5.74, 6) is 0.227. The van der Waals surface area contributed by atoms with Gasteiger partial charge in [-0.1, -0.05) is 12.1 Å². The van der Waals surface area contributed by atoms with E-state index in [-0.39, 0.29) is 11.8 Å². The van der Waals surface area contributed by atoms with Crippen molar-refractivity contribution in [1.82, 2.24) is 10.3 Å². The summed E-state index contributed by atoms with van der Waals surface area (Å²) in [7, 11) is 0. The van der Waals surface area contributed by atoms with Crippen LogP contribution < -0.4 is 5.32 Å². The average Bonchev–Trinajstić information content (AvgIpc) is 2.88. The topological polar surface area (TPSA) is 51.2 Å². The van der Waals surface area contributed by atoms with E-state index in [2.05, 4.69) is 16.4 Å². The van der Waals surface area contributed by atoms with Crippen LogP contribution in [0.3, 0.4) is 0 Å². The van der Waals surface area contributed by atoms with Crippen molar-refractivity contribution in [3.8, 4) is 0 Å². The van der Waals surface area contributed by atoms with Gasteiger partial charge in [0.05, 0.1) is 16.8 Å². The molecule has 0 saturated carbocycles. The van der Waals surface area contributed by atoms with Crippen LogP contribution in [0.1, 0.15) is 17.8 Å². The zero-order valence-corrected chi connectivity index (χ0v) is 11.4. The number of nitrogens with zero attached hydrogens (tertiary/aromatic N) is 1. The molecule has 0 unspecified atom stereocenters. The number of para-hydroxylation sites is 1. The van der Waals surface area contributed by atoms with Gasteiger partial charge in [0.1, 0.15) is 5.01 Å². The molecule has 0 spiro atoms. The molecule has 19 heavy (non-hydrogen) atoms. The fraction of sp³-hybridized carbons (Fsp3) is 0.429. The highest BCUT2D eigenvalue weighted by Crippen LogP contribution is 2.21. The van der Waals surface area contributed by atoms with Crippen molar-refractivity contribution in [3.63, 3.8) is 0 Å². The van der Waals surface area contributed by atoms with Gasteiger partial charge >= 0.3 is 0 Å². The number of rotatable bonds is 3. The molecule has 5 heteroatoms. The minimum atomic E-state index is 0.100. The second-order valence-corrected chi connectivity index (χ2v) is 5.79. The van der Waals surface area contributed by atoms with E-state index in [0.717, 1.165) is 28.1 Å². The van der Waals surface area contributed by atoms with Crippen LogP contribution in [0, 0.1) is 5.92 Å². The second kappa shape index (κ2) is 5.67. The Balaban J connectivity index is 1.60. The molecular formula is C14H16N2O2S. The van der Waals surface area contributed by atoms with Crippen LogP contribution in [0.15, 0.2) is 24.3 Å². The normalized spacial score (nSPS) is 16.6. The first-order valence-corrected chi connectivity index (χ1v) is 7.34. The van der Waals surface area contributed by atoms with Crippen molar-refractivity contribution >= 4 is 27.5 Å². The van der Waals surface area contributed by atoms with E-state index < -0.39 is 0 Å². The lowest BCUT2D eigenvalue weighted by Gasteiger charge is -2.20. The van der Waals surface area contributed by atoms with Crippen LogP contribution >= 0.6 is 11.3 Å². The predicted octanol–water partition coefficient (Wildman–Crippen LogP) is 2.34. The standard InChI is InChI=1S/C14H16N2O2S/c17-14(10-5-7-18-8-6-10)15-9-13-16-11-3-1-2-4-12(11)19-13/h1-4,10H,5-9H2,(H,15,17). The second-order valence-electron chi connectivity index (χ2n) is 4.68. The first kappa shape index (κ1) is 12.6. The summed E-state index contributed by atoms with van der Waals surface area (Å²) in [6, 6.07) is 8.03. The number of amides is 1. The van der Waals surface area contributed by atoms with E-state index in [9.17, 15) is 4.79 Å². The maximum atomic E-state index is 12.0. The van der Waals surface area contributed by atoms with Crippen LogP contribution in [-0.2, 0) is 16.1 Å². The number of thiazole rings is 1. The fourth-order valence-corrected chi connectivity index (χ4v) is 3.17. The summed E-state index contributed by atoms with van der Waals surface area (Å²) in [5, 5.41) is 3.94. The number of fused-ring (bicyclic) bond motifs is 1. The van der Waals surface area contributed by atoms with Gasteiger partial charge in [-0.25, -0.2) is 4.98 Å². The quantitative estimate of drug-likeness (QED) is 0.936. The van der Waals surface area contributed by atoms with Gasteiger partial charge in [-0.15, -0.1) is 11.3 Å². The Morgan fingerprint density at radius 2 is 2.16 bits per heavy atom. The van der Waals surface area contributed by atoms with Crippen molar-refractivity contribution in [2.75, 3.05) is 13.2 Å². The van der Waals surface area contributed by atoms with E-state index in [1.807, 2.05) is 18.2 Å². The molecule has 0 bridgehead atoms. The largest absolute Gasteiger partial charge is 0.381 e. The van der Waals surface area contributed by atoms with Crippen LogP contribution in [0.5, 0.6) is 0 Å². The van der Waals surface area contributed by atoms with Crippen molar-refractivity contribution in [1.29, 1.82) is 0 Å². The summed E-state index contributed by atoms with van der Waals surface area (Å²) in [6.45, 7) is 1.91. The lowest BCUT2D eigenvalue weighted by Crippen LogP contribution is -2.33. The van der Waals surface area contributed by atoms with E-state index in [0.29, 0.717) is 19.8 Å². The third-order valence-electron chi connectivity index (χ3n) is 3.34. The van der Waals surface area contributed by atoms with Crippen LogP contribution in [-0.4, -0.2) is 24.1 Å². The highest BCUT2D eigenvalue weighted by molar-refractivity contribution is 7.18. The minimum absolute atomic E-state index is 0.100. The predicted molar refractivity (Wildman–Crippen MR) is 75.0 cm³/mol. The molecular weight excluding hydrogens is 260 g/mol. The number of benzene rings is 1. The van der Waals surface area contributed by atoms with Gasteiger partial charge in [-0.2, -0.15) is 0 Å². The van der Waals surface area contributed by atoms with Gasteiger partial charge in [0.2, 0.25) is 5.91 Å². The molecule has 1 N–H and O–H groups in total. The third-order valence-corrected chi connectivity index (χ3v) is 4.38. The van der Waals surface area contributed by atoms with Gasteiger partial charge < -0.3 is 10.1 Å². The summed E-state index contributed by atoms with van der Waals surface area (Å²) in [5.41, 5.74) is 1.00. The molecule has 1 aromatic heterocycles.